The van der Waals surface area contributed by atoms with Gasteiger partial charge in [-0.2, -0.15) is 0 Å². The first-order chi connectivity index (χ1) is 15.6. The summed E-state index contributed by atoms with van der Waals surface area (Å²) >= 11 is 6.28. The average molecular weight is 449 g/mol. The number of hydrogen-bond acceptors (Lipinski definition) is 5. The molecule has 0 aliphatic rings. The van der Waals surface area contributed by atoms with Crippen molar-refractivity contribution in [1.82, 2.24) is 0 Å². The molecule has 0 aliphatic carbocycles. The van der Waals surface area contributed by atoms with Crippen molar-refractivity contribution < 1.29 is 23.7 Å². The lowest BCUT2D eigenvalue weighted by molar-refractivity contribution is -0.134. The molecule has 4 rings (SSSR count). The lowest BCUT2D eigenvalue weighted by Gasteiger charge is -2.21. The first kappa shape index (κ1) is 21.5. The molecule has 0 bridgehead atoms. The molecule has 0 heterocycles. The number of methoxy groups -OCH3 is 1. The lowest BCUT2D eigenvalue weighted by Crippen LogP contribution is -2.08. The third kappa shape index (κ3) is 4.48. The van der Waals surface area contributed by atoms with Crippen LogP contribution >= 0.6 is 11.6 Å². The Balaban J connectivity index is 2.03. The average Bonchev–Trinajstić information content (AvgIpc) is 2.82. The fourth-order valence-corrected chi connectivity index (χ4v) is 3.41. The number of ether oxygens (including phenoxy) is 4. The standard InChI is InChI=1S/C26H21ClO5/c1-3-22(28)32-24-20-15-14-17(27)16-21(20)23(29-2)25(30-18-10-6-4-7-11-18)26(24)31-19-12-8-5-9-13-19/h4-16H,3H2,1-2H3. The van der Waals surface area contributed by atoms with Gasteiger partial charge in [0.2, 0.25) is 11.5 Å². The summed E-state index contributed by atoms with van der Waals surface area (Å²) in [5.41, 5.74) is 0. The third-order valence-electron chi connectivity index (χ3n) is 4.72. The minimum absolute atomic E-state index is 0.195. The van der Waals surface area contributed by atoms with Gasteiger partial charge < -0.3 is 18.9 Å². The van der Waals surface area contributed by atoms with Gasteiger partial charge in [-0.05, 0) is 42.5 Å². The van der Waals surface area contributed by atoms with Crippen LogP contribution in [0.15, 0.2) is 78.9 Å². The lowest BCUT2D eigenvalue weighted by atomic mass is 10.1. The number of esters is 1. The van der Waals surface area contributed by atoms with Gasteiger partial charge >= 0.3 is 5.97 Å². The highest BCUT2D eigenvalue weighted by atomic mass is 35.5. The van der Waals surface area contributed by atoms with Crippen LogP contribution in [0.2, 0.25) is 5.02 Å². The smallest absolute Gasteiger partial charge is 0.311 e. The Morgan fingerprint density at radius 3 is 1.84 bits per heavy atom. The van der Waals surface area contributed by atoms with Crippen LogP contribution in [0.4, 0.5) is 0 Å². The number of fused-ring (bicyclic) bond motifs is 1. The van der Waals surface area contributed by atoms with Crippen LogP contribution < -0.4 is 18.9 Å². The molecule has 0 fully saturated rings. The van der Waals surface area contributed by atoms with E-state index in [-0.39, 0.29) is 23.7 Å². The monoisotopic (exact) mass is 448 g/mol. The Morgan fingerprint density at radius 1 is 0.750 bits per heavy atom. The third-order valence-corrected chi connectivity index (χ3v) is 4.96. The number of benzene rings is 4. The molecule has 0 saturated heterocycles. The Hall–Kier alpha value is -3.70. The number of halogens is 1. The van der Waals surface area contributed by atoms with Gasteiger partial charge in [-0.1, -0.05) is 54.9 Å². The van der Waals surface area contributed by atoms with Crippen LogP contribution in [-0.4, -0.2) is 13.1 Å². The van der Waals surface area contributed by atoms with Gasteiger partial charge in [0.05, 0.1) is 7.11 Å². The molecular weight excluding hydrogens is 428 g/mol. The minimum atomic E-state index is -0.407. The normalized spacial score (nSPS) is 10.6. The molecule has 0 N–H and O–H groups in total. The van der Waals surface area contributed by atoms with E-state index in [2.05, 4.69) is 0 Å². The highest BCUT2D eigenvalue weighted by Crippen LogP contribution is 2.54. The second-order valence-electron chi connectivity index (χ2n) is 6.87. The zero-order valence-electron chi connectivity index (χ0n) is 17.6. The summed E-state index contributed by atoms with van der Waals surface area (Å²) in [7, 11) is 1.54. The zero-order chi connectivity index (χ0) is 22.5. The number of rotatable bonds is 7. The second kappa shape index (κ2) is 9.62. The van der Waals surface area contributed by atoms with Crippen LogP contribution in [-0.2, 0) is 4.79 Å². The molecule has 0 radical (unpaired) electrons. The van der Waals surface area contributed by atoms with Gasteiger partial charge in [0.15, 0.2) is 11.5 Å². The quantitative estimate of drug-likeness (QED) is 0.218. The van der Waals surface area contributed by atoms with Gasteiger partial charge in [-0.25, -0.2) is 0 Å². The molecule has 162 valence electrons. The van der Waals surface area contributed by atoms with Crippen molar-refractivity contribution >= 4 is 28.3 Å². The Morgan fingerprint density at radius 2 is 1.31 bits per heavy atom. The van der Waals surface area contributed by atoms with Crippen molar-refractivity contribution in [3.05, 3.63) is 83.9 Å². The summed E-state index contributed by atoms with van der Waals surface area (Å²) in [4.78, 5) is 12.3. The van der Waals surface area contributed by atoms with E-state index in [1.54, 1.807) is 37.3 Å². The maximum atomic E-state index is 12.3. The topological polar surface area (TPSA) is 54.0 Å². The highest BCUT2D eigenvalue weighted by molar-refractivity contribution is 6.31. The van der Waals surface area contributed by atoms with Crippen LogP contribution in [0, 0.1) is 0 Å². The van der Waals surface area contributed by atoms with Crippen LogP contribution in [0.25, 0.3) is 10.8 Å². The maximum Gasteiger partial charge on any atom is 0.311 e. The predicted molar refractivity (Wildman–Crippen MR) is 124 cm³/mol. The molecule has 4 aromatic carbocycles. The molecule has 0 aliphatic heterocycles. The van der Waals surface area contributed by atoms with E-state index in [0.29, 0.717) is 33.0 Å². The second-order valence-corrected chi connectivity index (χ2v) is 7.30. The van der Waals surface area contributed by atoms with E-state index in [1.165, 1.54) is 7.11 Å². The fourth-order valence-electron chi connectivity index (χ4n) is 3.24. The number of para-hydroxylation sites is 2. The Labute approximate surface area is 191 Å². The number of carbonyl (C=O) groups excluding carboxylic acids is 1. The Kier molecular flexibility index (Phi) is 6.47. The van der Waals surface area contributed by atoms with E-state index >= 15 is 0 Å². The van der Waals surface area contributed by atoms with Crippen molar-refractivity contribution in [1.29, 1.82) is 0 Å². The molecule has 5 nitrogen and oxygen atoms in total. The first-order valence-electron chi connectivity index (χ1n) is 10.1. The summed E-state index contributed by atoms with van der Waals surface area (Å²) < 4.78 is 23.9. The van der Waals surface area contributed by atoms with Crippen LogP contribution in [0.1, 0.15) is 13.3 Å². The van der Waals surface area contributed by atoms with Crippen molar-refractivity contribution in [3.8, 4) is 34.5 Å². The van der Waals surface area contributed by atoms with E-state index in [9.17, 15) is 4.79 Å². The largest absolute Gasteiger partial charge is 0.492 e. The van der Waals surface area contributed by atoms with E-state index < -0.39 is 5.97 Å². The molecule has 32 heavy (non-hydrogen) atoms. The van der Waals surface area contributed by atoms with E-state index in [4.69, 9.17) is 30.5 Å². The van der Waals surface area contributed by atoms with Gasteiger partial charge in [0.25, 0.3) is 0 Å². The molecule has 0 spiro atoms. The minimum Gasteiger partial charge on any atom is -0.492 e. The molecule has 0 aromatic heterocycles. The Bertz CT molecular complexity index is 1240. The van der Waals surface area contributed by atoms with E-state index in [0.717, 1.165) is 0 Å². The van der Waals surface area contributed by atoms with Gasteiger partial charge in [0, 0.05) is 22.2 Å². The SMILES string of the molecule is CCC(=O)Oc1c(Oc2ccccc2)c(Oc2ccccc2)c(OC)c2cc(Cl)ccc12. The molecular formula is C26H21ClO5. The first-order valence-corrected chi connectivity index (χ1v) is 10.5. The van der Waals surface area contributed by atoms with Crippen LogP contribution in [0.5, 0.6) is 34.5 Å². The van der Waals surface area contributed by atoms with Crippen molar-refractivity contribution in [3.63, 3.8) is 0 Å². The summed E-state index contributed by atoms with van der Waals surface area (Å²) in [6.07, 6.45) is 0.195. The summed E-state index contributed by atoms with van der Waals surface area (Å²) in [6.45, 7) is 1.73. The van der Waals surface area contributed by atoms with E-state index in [1.807, 2.05) is 48.5 Å². The zero-order valence-corrected chi connectivity index (χ0v) is 18.4. The molecule has 0 atom stereocenters. The van der Waals surface area contributed by atoms with Gasteiger partial charge in [-0.15, -0.1) is 0 Å². The molecule has 6 heteroatoms. The molecule has 0 saturated carbocycles. The number of carbonyl (C=O) groups is 1. The van der Waals surface area contributed by atoms with Gasteiger partial charge in [-0.3, -0.25) is 4.79 Å². The fraction of sp³-hybridized carbons (Fsp3) is 0.115. The number of hydrogen-bond donors (Lipinski definition) is 0. The predicted octanol–water partition coefficient (Wildman–Crippen LogP) is 7.40. The van der Waals surface area contributed by atoms with Crippen molar-refractivity contribution in [2.45, 2.75) is 13.3 Å². The summed E-state index contributed by atoms with van der Waals surface area (Å²) in [6, 6.07) is 23.6. The van der Waals surface area contributed by atoms with Crippen molar-refractivity contribution in [2.24, 2.45) is 0 Å². The summed E-state index contributed by atoms with van der Waals surface area (Å²) in [5.74, 6) is 1.86. The maximum absolute atomic E-state index is 12.3. The molecule has 4 aromatic rings. The van der Waals surface area contributed by atoms with Crippen LogP contribution in [0.3, 0.4) is 0 Å². The molecule has 0 amide bonds. The van der Waals surface area contributed by atoms with Gasteiger partial charge in [0.1, 0.15) is 11.5 Å². The highest BCUT2D eigenvalue weighted by Gasteiger charge is 2.27. The van der Waals surface area contributed by atoms with Crippen molar-refractivity contribution in [2.75, 3.05) is 7.11 Å². The molecule has 0 unspecified atom stereocenters. The summed E-state index contributed by atoms with van der Waals surface area (Å²) in [5, 5.41) is 1.75.